The van der Waals surface area contributed by atoms with Crippen LogP contribution in [0.25, 0.3) is 0 Å². The molecule has 0 saturated heterocycles. The van der Waals surface area contributed by atoms with E-state index in [4.69, 9.17) is 4.74 Å². The lowest BCUT2D eigenvalue weighted by Gasteiger charge is -2.22. The van der Waals surface area contributed by atoms with Crippen LogP contribution in [0.3, 0.4) is 0 Å². The summed E-state index contributed by atoms with van der Waals surface area (Å²) in [7, 11) is -3.78. The molecule has 1 N–H and O–H groups in total. The molecule has 0 atom stereocenters. The van der Waals surface area contributed by atoms with Gasteiger partial charge >= 0.3 is 0 Å². The average molecular weight is 405 g/mol. The highest BCUT2D eigenvalue weighted by molar-refractivity contribution is 7.94. The van der Waals surface area contributed by atoms with Gasteiger partial charge in [-0.3, -0.25) is 4.72 Å². The predicted octanol–water partition coefficient (Wildman–Crippen LogP) is 4.48. The summed E-state index contributed by atoms with van der Waals surface area (Å²) in [6.45, 7) is 2.08. The van der Waals surface area contributed by atoms with E-state index < -0.39 is 26.4 Å². The summed E-state index contributed by atoms with van der Waals surface area (Å²) in [4.78, 5) is 0. The van der Waals surface area contributed by atoms with Crippen molar-refractivity contribution in [1.82, 2.24) is 0 Å². The molecule has 1 aliphatic carbocycles. The first-order valence-corrected chi connectivity index (χ1v) is 10.7. The fourth-order valence-corrected chi connectivity index (χ4v) is 5.09. The van der Waals surface area contributed by atoms with Crippen molar-refractivity contribution in [2.45, 2.75) is 37.4 Å². The molecular formula is C21H21F2NO3S. The predicted molar refractivity (Wildman–Crippen MR) is 104 cm³/mol. The number of hydrogen-bond acceptors (Lipinski definition) is 3. The Morgan fingerprint density at radius 1 is 1.14 bits per heavy atom. The van der Waals surface area contributed by atoms with Crippen molar-refractivity contribution in [2.75, 3.05) is 11.3 Å². The molecule has 4 rings (SSSR count). The van der Waals surface area contributed by atoms with Crippen molar-refractivity contribution in [3.8, 4) is 5.75 Å². The van der Waals surface area contributed by atoms with Crippen molar-refractivity contribution in [2.24, 2.45) is 0 Å². The van der Waals surface area contributed by atoms with Crippen LogP contribution >= 0.6 is 0 Å². The van der Waals surface area contributed by atoms with Crippen LogP contribution in [0.2, 0.25) is 0 Å². The first kappa shape index (κ1) is 18.9. The molecule has 1 fully saturated rings. The van der Waals surface area contributed by atoms with Gasteiger partial charge in [-0.15, -0.1) is 0 Å². The van der Waals surface area contributed by atoms with Gasteiger partial charge in [0.15, 0.2) is 11.6 Å². The van der Waals surface area contributed by atoms with E-state index in [0.29, 0.717) is 19.3 Å². The van der Waals surface area contributed by atoms with Gasteiger partial charge in [-0.2, -0.15) is 0 Å². The first-order valence-electron chi connectivity index (χ1n) is 9.18. The Kier molecular flexibility index (Phi) is 4.65. The third kappa shape index (κ3) is 3.39. The van der Waals surface area contributed by atoms with Crippen molar-refractivity contribution >= 4 is 15.7 Å². The number of hydrogen-bond donors (Lipinski definition) is 1. The Morgan fingerprint density at radius 3 is 2.54 bits per heavy atom. The van der Waals surface area contributed by atoms with Gasteiger partial charge in [0.05, 0.1) is 10.4 Å². The van der Waals surface area contributed by atoms with Gasteiger partial charge in [0.25, 0.3) is 0 Å². The number of allylic oxidation sites excluding steroid dienone is 1. The highest BCUT2D eigenvalue weighted by Gasteiger charge is 2.54. The lowest BCUT2D eigenvalue weighted by Crippen LogP contribution is -2.30. The second-order valence-electron chi connectivity index (χ2n) is 7.46. The minimum absolute atomic E-state index is 0.00747. The van der Waals surface area contributed by atoms with Crippen molar-refractivity contribution in [3.63, 3.8) is 0 Å². The van der Waals surface area contributed by atoms with Crippen LogP contribution < -0.4 is 9.46 Å². The maximum Gasteiger partial charge on any atom is 0.238 e. The Labute approximate surface area is 163 Å². The Morgan fingerprint density at radius 2 is 1.86 bits per heavy atom. The van der Waals surface area contributed by atoms with Crippen LogP contribution in [-0.2, 0) is 16.4 Å². The molecule has 1 heterocycles. The lowest BCUT2D eigenvalue weighted by molar-refractivity contribution is 0.358. The quantitative estimate of drug-likeness (QED) is 0.750. The summed E-state index contributed by atoms with van der Waals surface area (Å²) in [5.74, 6) is -2.14. The summed E-state index contributed by atoms with van der Waals surface area (Å²) >= 11 is 0. The molecule has 28 heavy (non-hydrogen) atoms. The third-order valence-electron chi connectivity index (χ3n) is 5.39. The van der Waals surface area contributed by atoms with Gasteiger partial charge in [-0.05, 0) is 31.7 Å². The minimum atomic E-state index is -3.78. The summed E-state index contributed by atoms with van der Waals surface area (Å²) in [5.41, 5.74) is 1.72. The fourth-order valence-electron chi connectivity index (χ4n) is 3.42. The van der Waals surface area contributed by atoms with Gasteiger partial charge in [-0.25, -0.2) is 17.2 Å². The number of benzene rings is 2. The van der Waals surface area contributed by atoms with E-state index in [1.807, 2.05) is 31.2 Å². The molecule has 1 saturated carbocycles. The van der Waals surface area contributed by atoms with Crippen LogP contribution in [-0.4, -0.2) is 19.8 Å². The zero-order chi connectivity index (χ0) is 19.9. The Balaban J connectivity index is 1.84. The zero-order valence-corrected chi connectivity index (χ0v) is 16.3. The molecule has 1 aliphatic heterocycles. The van der Waals surface area contributed by atoms with Crippen molar-refractivity contribution in [1.29, 1.82) is 0 Å². The van der Waals surface area contributed by atoms with Crippen LogP contribution in [0.4, 0.5) is 14.5 Å². The van der Waals surface area contributed by atoms with E-state index in [9.17, 15) is 17.2 Å². The third-order valence-corrected chi connectivity index (χ3v) is 7.58. The van der Waals surface area contributed by atoms with Gasteiger partial charge < -0.3 is 4.74 Å². The van der Waals surface area contributed by atoms with Crippen molar-refractivity contribution in [3.05, 3.63) is 70.8 Å². The summed E-state index contributed by atoms with van der Waals surface area (Å²) in [6, 6.07) is 8.27. The standard InChI is InChI=1S/C21H21F2NO3S/c1-14-4-6-15(7-5-14)12-16-19(23)17(22)13-18-20(16)24-28(25,26)21(9-10-21)8-2-3-11-27-18/h2-7,13,24H,8-12H2,1H3/b3-2+. The summed E-state index contributed by atoms with van der Waals surface area (Å²) in [5, 5.41) is 0. The van der Waals surface area contributed by atoms with Crippen LogP contribution in [0.5, 0.6) is 5.75 Å². The Hall–Kier alpha value is -2.41. The molecule has 0 bridgehead atoms. The van der Waals surface area contributed by atoms with Crippen LogP contribution in [0.1, 0.15) is 36.0 Å². The maximum atomic E-state index is 14.8. The monoisotopic (exact) mass is 405 g/mol. The number of sulfonamides is 1. The van der Waals surface area contributed by atoms with E-state index >= 15 is 0 Å². The number of ether oxygens (including phenoxy) is 1. The maximum absolute atomic E-state index is 14.8. The average Bonchev–Trinajstić information content (AvgIpc) is 3.44. The van der Waals surface area contributed by atoms with Gasteiger partial charge in [0.1, 0.15) is 12.4 Å². The Bertz CT molecular complexity index is 1040. The van der Waals surface area contributed by atoms with Crippen LogP contribution in [0.15, 0.2) is 42.5 Å². The van der Waals surface area contributed by atoms with E-state index in [-0.39, 0.29) is 30.0 Å². The van der Waals surface area contributed by atoms with E-state index in [2.05, 4.69) is 4.72 Å². The van der Waals surface area contributed by atoms with Crippen molar-refractivity contribution < 1.29 is 21.9 Å². The fraction of sp³-hybridized carbons (Fsp3) is 0.333. The summed E-state index contributed by atoms with van der Waals surface area (Å²) < 4.78 is 62.2. The lowest BCUT2D eigenvalue weighted by atomic mass is 10.0. The van der Waals surface area contributed by atoms with E-state index in [1.165, 1.54) is 0 Å². The molecule has 1 spiro atoms. The number of fused-ring (bicyclic) bond motifs is 1. The first-order chi connectivity index (χ1) is 13.3. The molecular weight excluding hydrogens is 384 g/mol. The summed E-state index contributed by atoms with van der Waals surface area (Å²) in [6.07, 6.45) is 4.98. The van der Waals surface area contributed by atoms with Gasteiger partial charge in [-0.1, -0.05) is 42.0 Å². The second-order valence-corrected chi connectivity index (χ2v) is 9.54. The number of anilines is 1. The SMILES string of the molecule is Cc1ccc(Cc2c(F)c(F)cc3c2NS(=O)(=O)C2(C/C=C/CO3)CC2)cc1. The molecule has 7 heteroatoms. The highest BCUT2D eigenvalue weighted by Crippen LogP contribution is 2.49. The molecule has 0 unspecified atom stereocenters. The number of halogens is 2. The zero-order valence-electron chi connectivity index (χ0n) is 15.5. The molecule has 2 aromatic rings. The van der Waals surface area contributed by atoms with Crippen LogP contribution in [0, 0.1) is 18.6 Å². The molecule has 2 aromatic carbocycles. The second kappa shape index (κ2) is 6.88. The molecule has 0 amide bonds. The molecule has 0 aromatic heterocycles. The molecule has 0 radical (unpaired) electrons. The van der Waals surface area contributed by atoms with Gasteiger partial charge in [0.2, 0.25) is 10.0 Å². The molecule has 2 aliphatic rings. The largest absolute Gasteiger partial charge is 0.487 e. The van der Waals surface area contributed by atoms with E-state index in [1.54, 1.807) is 12.2 Å². The molecule has 4 nitrogen and oxygen atoms in total. The van der Waals surface area contributed by atoms with E-state index in [0.717, 1.165) is 17.2 Å². The topological polar surface area (TPSA) is 55.4 Å². The normalized spacial score (nSPS) is 20.5. The van der Waals surface area contributed by atoms with Gasteiger partial charge in [0, 0.05) is 18.1 Å². The molecule has 148 valence electrons. The highest BCUT2D eigenvalue weighted by atomic mass is 32.2. The smallest absolute Gasteiger partial charge is 0.238 e. The number of rotatable bonds is 2. The number of nitrogens with one attached hydrogen (secondary N) is 1. The number of aryl methyl sites for hydroxylation is 1. The minimum Gasteiger partial charge on any atom is -0.487 e.